The van der Waals surface area contributed by atoms with Crippen molar-refractivity contribution < 1.29 is 4.79 Å². The summed E-state index contributed by atoms with van der Waals surface area (Å²) < 4.78 is 0. The lowest BCUT2D eigenvalue weighted by atomic mass is 9.92. The van der Waals surface area contributed by atoms with E-state index in [0.717, 1.165) is 6.54 Å². The van der Waals surface area contributed by atoms with Gasteiger partial charge in [-0.15, -0.1) is 0 Å². The second-order valence-electron chi connectivity index (χ2n) is 2.70. The largest absolute Gasteiger partial charge is 0.355 e. The van der Waals surface area contributed by atoms with Crippen molar-refractivity contribution in [3.8, 4) is 0 Å². The zero-order valence-electron chi connectivity index (χ0n) is 5.58. The van der Waals surface area contributed by atoms with Crippen LogP contribution in [0.4, 0.5) is 0 Å². The van der Waals surface area contributed by atoms with Crippen molar-refractivity contribution in [2.75, 3.05) is 6.54 Å². The van der Waals surface area contributed by atoms with Crippen LogP contribution in [0.25, 0.3) is 0 Å². The Kier molecular flexibility index (Phi) is 1.13. The van der Waals surface area contributed by atoms with Gasteiger partial charge in [0.05, 0.1) is 5.92 Å². The fourth-order valence-corrected chi connectivity index (χ4v) is 1.47. The fourth-order valence-electron chi connectivity index (χ4n) is 1.47. The van der Waals surface area contributed by atoms with Crippen molar-refractivity contribution in [1.29, 1.82) is 0 Å². The quantitative estimate of drug-likeness (QED) is 0.514. The summed E-state index contributed by atoms with van der Waals surface area (Å²) in [5.74, 6) is 0.702. The topological polar surface area (TPSA) is 29.1 Å². The van der Waals surface area contributed by atoms with Crippen LogP contribution in [0.5, 0.6) is 0 Å². The Bertz CT molecular complexity index is 217. The number of allylic oxidation sites excluding steroid dienone is 2. The van der Waals surface area contributed by atoms with Crippen LogP contribution in [-0.4, -0.2) is 12.5 Å². The van der Waals surface area contributed by atoms with E-state index in [9.17, 15) is 4.79 Å². The van der Waals surface area contributed by atoms with Gasteiger partial charge in [-0.3, -0.25) is 4.79 Å². The van der Waals surface area contributed by atoms with E-state index in [1.807, 2.05) is 18.2 Å². The lowest BCUT2D eigenvalue weighted by molar-refractivity contribution is -0.121. The first kappa shape index (κ1) is 5.71. The van der Waals surface area contributed by atoms with E-state index in [0.29, 0.717) is 5.92 Å². The van der Waals surface area contributed by atoms with Crippen molar-refractivity contribution in [3.63, 3.8) is 0 Å². The Labute approximate surface area is 59.6 Å². The van der Waals surface area contributed by atoms with Crippen LogP contribution in [0.3, 0.4) is 0 Å². The van der Waals surface area contributed by atoms with Gasteiger partial charge in [0.25, 0.3) is 0 Å². The summed E-state index contributed by atoms with van der Waals surface area (Å²) in [6.45, 7) is 0.810. The molecule has 0 aromatic rings. The number of carbonyl (C=O) groups is 1. The lowest BCUT2D eigenvalue weighted by Gasteiger charge is -2.09. The zero-order chi connectivity index (χ0) is 6.97. The summed E-state index contributed by atoms with van der Waals surface area (Å²) in [4.78, 5) is 11.0. The first-order chi connectivity index (χ1) is 4.88. The predicted octanol–water partition coefficient (Wildman–Crippen LogP) is 0.475. The highest BCUT2D eigenvalue weighted by atomic mass is 16.2. The van der Waals surface area contributed by atoms with E-state index < -0.39 is 0 Å². The minimum absolute atomic E-state index is 0.116. The van der Waals surface area contributed by atoms with Gasteiger partial charge in [0.1, 0.15) is 0 Å². The number of rotatable bonds is 0. The third-order valence-corrected chi connectivity index (χ3v) is 2.06. The van der Waals surface area contributed by atoms with Crippen LogP contribution < -0.4 is 5.32 Å². The predicted molar refractivity (Wildman–Crippen MR) is 38.3 cm³/mol. The molecule has 2 heteroatoms. The molecule has 52 valence electrons. The van der Waals surface area contributed by atoms with Gasteiger partial charge in [0, 0.05) is 12.5 Å². The molecule has 10 heavy (non-hydrogen) atoms. The molecule has 1 aliphatic heterocycles. The average Bonchev–Trinajstić information content (AvgIpc) is 2.34. The highest BCUT2D eigenvalue weighted by molar-refractivity contribution is 5.83. The summed E-state index contributed by atoms with van der Waals surface area (Å²) >= 11 is 0. The lowest BCUT2D eigenvalue weighted by Crippen LogP contribution is -2.18. The smallest absolute Gasteiger partial charge is 0.227 e. The molecule has 0 unspecified atom stereocenters. The second-order valence-corrected chi connectivity index (χ2v) is 2.70. The molecule has 1 saturated heterocycles. The van der Waals surface area contributed by atoms with Gasteiger partial charge in [-0.05, 0) is 0 Å². The third-order valence-electron chi connectivity index (χ3n) is 2.06. The van der Waals surface area contributed by atoms with Gasteiger partial charge in [0.2, 0.25) is 5.91 Å². The minimum Gasteiger partial charge on any atom is -0.355 e. The van der Waals surface area contributed by atoms with Gasteiger partial charge in [0.15, 0.2) is 0 Å². The second kappa shape index (κ2) is 1.97. The first-order valence-corrected chi connectivity index (χ1v) is 3.50. The normalized spacial score (nSPS) is 35.8. The molecule has 1 amide bonds. The molecular formula is C8H9NO. The maximum atomic E-state index is 11.0. The number of nitrogens with one attached hydrogen (secondary N) is 1. The van der Waals surface area contributed by atoms with Crippen LogP contribution >= 0.6 is 0 Å². The highest BCUT2D eigenvalue weighted by Crippen LogP contribution is 2.23. The van der Waals surface area contributed by atoms with Gasteiger partial charge in [-0.2, -0.15) is 0 Å². The minimum atomic E-state index is 0.116. The van der Waals surface area contributed by atoms with Crippen LogP contribution in [0, 0.1) is 11.8 Å². The van der Waals surface area contributed by atoms with Crippen LogP contribution in [0.1, 0.15) is 0 Å². The number of hydrogen-bond donors (Lipinski definition) is 1. The third kappa shape index (κ3) is 0.685. The van der Waals surface area contributed by atoms with E-state index in [-0.39, 0.29) is 11.8 Å². The molecule has 1 aliphatic carbocycles. The van der Waals surface area contributed by atoms with E-state index in [1.54, 1.807) is 0 Å². The molecule has 2 nitrogen and oxygen atoms in total. The number of amides is 1. The van der Waals surface area contributed by atoms with Crippen LogP contribution in [0.2, 0.25) is 0 Å². The number of carbonyl (C=O) groups excluding carboxylic acids is 1. The van der Waals surface area contributed by atoms with Crippen molar-refractivity contribution in [3.05, 3.63) is 24.3 Å². The Balaban J connectivity index is 2.27. The fraction of sp³-hybridized carbons (Fsp3) is 0.375. The molecule has 0 bridgehead atoms. The Hall–Kier alpha value is -1.05. The molecule has 1 fully saturated rings. The van der Waals surface area contributed by atoms with Gasteiger partial charge in [-0.25, -0.2) is 0 Å². The number of fused-ring (bicyclic) bond motifs is 1. The molecule has 1 N–H and O–H groups in total. The van der Waals surface area contributed by atoms with E-state index in [2.05, 4.69) is 11.4 Å². The summed E-state index contributed by atoms with van der Waals surface area (Å²) in [7, 11) is 0. The van der Waals surface area contributed by atoms with E-state index in [1.165, 1.54) is 0 Å². The SMILES string of the molecule is O=C1NC[C@H]2C=CC=C[C@H]12. The van der Waals surface area contributed by atoms with Crippen molar-refractivity contribution in [2.24, 2.45) is 11.8 Å². The highest BCUT2D eigenvalue weighted by Gasteiger charge is 2.31. The molecule has 2 aliphatic rings. The Morgan fingerprint density at radius 1 is 1.40 bits per heavy atom. The van der Waals surface area contributed by atoms with E-state index >= 15 is 0 Å². The first-order valence-electron chi connectivity index (χ1n) is 3.50. The summed E-state index contributed by atoms with van der Waals surface area (Å²) in [5, 5.41) is 2.82. The zero-order valence-corrected chi connectivity index (χ0v) is 5.58. The van der Waals surface area contributed by atoms with Crippen molar-refractivity contribution in [1.82, 2.24) is 5.32 Å². The molecule has 0 aromatic carbocycles. The van der Waals surface area contributed by atoms with Crippen molar-refractivity contribution >= 4 is 5.91 Å². The van der Waals surface area contributed by atoms with Crippen LogP contribution in [-0.2, 0) is 4.79 Å². The molecule has 2 atom stereocenters. The van der Waals surface area contributed by atoms with Gasteiger partial charge < -0.3 is 5.32 Å². The molecule has 0 aromatic heterocycles. The molecule has 1 heterocycles. The molecule has 0 spiro atoms. The standard InChI is InChI=1S/C8H9NO/c10-8-7-4-2-1-3-6(7)5-9-8/h1-4,6-7H,5H2,(H,9,10)/t6-,7+/m1/s1. The molecular weight excluding hydrogens is 126 g/mol. The molecule has 0 radical (unpaired) electrons. The van der Waals surface area contributed by atoms with Gasteiger partial charge >= 0.3 is 0 Å². The maximum absolute atomic E-state index is 11.0. The maximum Gasteiger partial charge on any atom is 0.227 e. The Morgan fingerprint density at radius 3 is 3.00 bits per heavy atom. The molecule has 2 rings (SSSR count). The van der Waals surface area contributed by atoms with Crippen molar-refractivity contribution in [2.45, 2.75) is 0 Å². The number of hydrogen-bond acceptors (Lipinski definition) is 1. The molecule has 0 saturated carbocycles. The summed E-state index contributed by atoms with van der Waals surface area (Å²) in [5.41, 5.74) is 0. The average molecular weight is 135 g/mol. The van der Waals surface area contributed by atoms with E-state index in [4.69, 9.17) is 0 Å². The van der Waals surface area contributed by atoms with Crippen LogP contribution in [0.15, 0.2) is 24.3 Å². The Morgan fingerprint density at radius 2 is 2.20 bits per heavy atom. The summed E-state index contributed by atoms with van der Waals surface area (Å²) in [6, 6.07) is 0. The summed E-state index contributed by atoms with van der Waals surface area (Å²) in [6.07, 6.45) is 7.99. The van der Waals surface area contributed by atoms with Gasteiger partial charge in [-0.1, -0.05) is 24.3 Å². The monoisotopic (exact) mass is 135 g/mol.